The van der Waals surface area contributed by atoms with Crippen LogP contribution in [0.15, 0.2) is 40.8 Å². The number of nitrogens with one attached hydrogen (secondary N) is 1. The summed E-state index contributed by atoms with van der Waals surface area (Å²) in [7, 11) is 3.65. The fraction of sp³-hybridized carbons (Fsp3) is 0.500. The van der Waals surface area contributed by atoms with Crippen LogP contribution in [0.5, 0.6) is 0 Å². The molecule has 0 aromatic heterocycles. The third kappa shape index (κ3) is 11.6. The Hall–Kier alpha value is -1.91. The molecule has 0 saturated carbocycles. The average Bonchev–Trinajstić information content (AvgIpc) is 2.79. The van der Waals surface area contributed by atoms with Crippen molar-refractivity contribution in [2.75, 3.05) is 39.7 Å². The van der Waals surface area contributed by atoms with Gasteiger partial charge in [-0.25, -0.2) is 4.99 Å². The van der Waals surface area contributed by atoms with E-state index in [4.69, 9.17) is 16.4 Å². The van der Waals surface area contributed by atoms with Gasteiger partial charge in [0.05, 0.1) is 11.6 Å². The Morgan fingerprint density at radius 1 is 1.28 bits per heavy atom. The lowest BCUT2D eigenvalue weighted by molar-refractivity contribution is -0.115. The first-order valence-corrected chi connectivity index (χ1v) is 11.5. The molecule has 0 saturated heterocycles. The lowest BCUT2D eigenvalue weighted by atomic mass is 10.2. The maximum atomic E-state index is 11.5. The van der Waals surface area contributed by atoms with Crippen LogP contribution in [-0.2, 0) is 16.1 Å². The molecule has 0 radical (unpaired) electrons. The molecular formula is C22H36ClN5O3S. The molecule has 0 fully saturated rings. The van der Waals surface area contributed by atoms with Gasteiger partial charge in [-0.05, 0) is 51.7 Å². The van der Waals surface area contributed by atoms with Gasteiger partial charge >= 0.3 is 0 Å². The Morgan fingerprint density at radius 3 is 2.41 bits per heavy atom. The molecule has 1 aromatic rings. The molecule has 0 unspecified atom stereocenters. The fourth-order valence-corrected chi connectivity index (χ4v) is 3.69. The number of aliphatic hydroxyl groups excluding tert-OH is 1. The van der Waals surface area contributed by atoms with Gasteiger partial charge in [0, 0.05) is 44.4 Å². The first-order chi connectivity index (χ1) is 15.3. The molecule has 180 valence electrons. The second kappa shape index (κ2) is 17.6. The van der Waals surface area contributed by atoms with Gasteiger partial charge < -0.3 is 24.6 Å². The molecular weight excluding hydrogens is 450 g/mol. The highest BCUT2D eigenvalue weighted by atomic mass is 35.5. The highest BCUT2D eigenvalue weighted by Crippen LogP contribution is 2.22. The number of halogens is 1. The van der Waals surface area contributed by atoms with E-state index in [-0.39, 0.29) is 6.61 Å². The second-order valence-electron chi connectivity index (χ2n) is 7.33. The van der Waals surface area contributed by atoms with Crippen LogP contribution < -0.4 is 4.72 Å². The van der Waals surface area contributed by atoms with Crippen LogP contribution in [-0.4, -0.2) is 85.4 Å². The van der Waals surface area contributed by atoms with Crippen LogP contribution in [0, 0.1) is 0 Å². The molecule has 0 aliphatic heterocycles. The average molecular weight is 486 g/mol. The lowest BCUT2D eigenvalue weighted by Gasteiger charge is -2.32. The number of benzene rings is 1. The van der Waals surface area contributed by atoms with Crippen molar-refractivity contribution in [3.05, 3.63) is 46.4 Å². The van der Waals surface area contributed by atoms with Gasteiger partial charge in [0.25, 0.3) is 0 Å². The minimum atomic E-state index is 0.132. The maximum Gasteiger partial charge on any atom is 0.215 e. The number of aliphatic imine (C=N–C) groups is 1. The van der Waals surface area contributed by atoms with Crippen molar-refractivity contribution in [2.24, 2.45) is 4.99 Å². The summed E-state index contributed by atoms with van der Waals surface area (Å²) in [6.45, 7) is 11.9. The number of amides is 1. The van der Waals surface area contributed by atoms with E-state index in [0.717, 1.165) is 24.2 Å². The third-order valence-electron chi connectivity index (χ3n) is 4.23. The normalized spacial score (nSPS) is 11.5. The number of hydrogen-bond donors (Lipinski definition) is 2. The van der Waals surface area contributed by atoms with Crippen LogP contribution in [0.1, 0.15) is 25.8 Å². The first kappa shape index (κ1) is 30.1. The largest absolute Gasteiger partial charge is 0.396 e. The van der Waals surface area contributed by atoms with Gasteiger partial charge in [-0.3, -0.25) is 9.52 Å². The predicted octanol–water partition coefficient (Wildman–Crippen LogP) is 2.83. The summed E-state index contributed by atoms with van der Waals surface area (Å²) < 4.78 is 3.37. The van der Waals surface area contributed by atoms with Crippen molar-refractivity contribution in [3.8, 4) is 0 Å². The van der Waals surface area contributed by atoms with E-state index in [0.29, 0.717) is 42.3 Å². The molecule has 0 spiro atoms. The maximum absolute atomic E-state index is 11.5. The molecule has 8 nitrogen and oxygen atoms in total. The smallest absolute Gasteiger partial charge is 0.215 e. The standard InChI is InChI=1S/C21H34ClN5O2S.CH2O/c1-17(2)24-30-16-27(13-18-7-9-19(22)10-8-18)20(14-25(4)11-6-12-28)21(23-3)26(5)15-29;1-2/h7-10,15,17,24,28H,3,6,11-14,16H2,1-2,4-5H3;1H2/b21-20+;. The van der Waals surface area contributed by atoms with E-state index >= 15 is 0 Å². The number of likely N-dealkylation sites (N-methyl/N-ethyl adjacent to an activating group) is 1. The minimum absolute atomic E-state index is 0.132. The first-order valence-electron chi connectivity index (χ1n) is 10.1. The van der Waals surface area contributed by atoms with Gasteiger partial charge in [-0.15, -0.1) is 0 Å². The highest BCUT2D eigenvalue weighted by molar-refractivity contribution is 7.97. The molecule has 1 amide bonds. The summed E-state index contributed by atoms with van der Waals surface area (Å²) in [6.07, 6.45) is 1.41. The number of nitrogens with zero attached hydrogens (tertiary/aromatic N) is 4. The lowest BCUT2D eigenvalue weighted by Crippen LogP contribution is -2.36. The summed E-state index contributed by atoms with van der Waals surface area (Å²) >= 11 is 7.65. The Bertz CT molecular complexity index is 703. The van der Waals surface area contributed by atoms with Crippen molar-refractivity contribution in [2.45, 2.75) is 32.9 Å². The van der Waals surface area contributed by atoms with E-state index in [1.165, 1.54) is 4.90 Å². The predicted molar refractivity (Wildman–Crippen MR) is 134 cm³/mol. The second-order valence-corrected chi connectivity index (χ2v) is 8.55. The molecule has 1 rings (SSSR count). The number of hydrogen-bond acceptors (Lipinski definition) is 8. The van der Waals surface area contributed by atoms with Crippen LogP contribution in [0.4, 0.5) is 0 Å². The zero-order chi connectivity index (χ0) is 24.5. The van der Waals surface area contributed by atoms with Crippen molar-refractivity contribution in [1.82, 2.24) is 19.4 Å². The van der Waals surface area contributed by atoms with Crippen molar-refractivity contribution < 1.29 is 14.7 Å². The van der Waals surface area contributed by atoms with Crippen molar-refractivity contribution in [1.29, 1.82) is 0 Å². The summed E-state index contributed by atoms with van der Waals surface area (Å²) in [5.74, 6) is 1.16. The van der Waals surface area contributed by atoms with Crippen molar-refractivity contribution in [3.63, 3.8) is 0 Å². The monoisotopic (exact) mass is 485 g/mol. The molecule has 0 atom stereocenters. The fourth-order valence-electron chi connectivity index (χ4n) is 2.75. The number of carbonyl (C=O) groups is 2. The van der Waals surface area contributed by atoms with Gasteiger partial charge in [0.1, 0.15) is 6.79 Å². The Labute approximate surface area is 201 Å². The topological polar surface area (TPSA) is 88.5 Å². The Kier molecular flexibility index (Phi) is 16.6. The van der Waals surface area contributed by atoms with E-state index in [2.05, 4.69) is 40.1 Å². The molecule has 1 aromatic carbocycles. The van der Waals surface area contributed by atoms with Gasteiger partial charge in [-0.2, -0.15) is 0 Å². The summed E-state index contributed by atoms with van der Waals surface area (Å²) in [6, 6.07) is 8.06. The van der Waals surface area contributed by atoms with E-state index < -0.39 is 0 Å². The van der Waals surface area contributed by atoms with Crippen molar-refractivity contribution >= 4 is 43.5 Å². The third-order valence-corrected chi connectivity index (χ3v) is 5.56. The summed E-state index contributed by atoms with van der Waals surface area (Å²) in [4.78, 5) is 29.4. The van der Waals surface area contributed by atoms with Gasteiger partial charge in [-0.1, -0.05) is 35.7 Å². The molecule has 10 heteroatoms. The zero-order valence-corrected chi connectivity index (χ0v) is 21.0. The van der Waals surface area contributed by atoms with E-state index in [9.17, 15) is 9.90 Å². The number of rotatable bonds is 15. The Morgan fingerprint density at radius 2 is 1.91 bits per heavy atom. The highest BCUT2D eigenvalue weighted by Gasteiger charge is 2.20. The summed E-state index contributed by atoms with van der Waals surface area (Å²) in [5, 5.41) is 9.86. The molecule has 0 bridgehead atoms. The van der Waals surface area contributed by atoms with Crippen LogP contribution in [0.3, 0.4) is 0 Å². The SMILES string of the molecule is C=N/C(=C(/CN(C)CCCO)N(CSNC(C)C)Cc1ccc(Cl)cc1)N(C)C=O.C=O. The Balaban J connectivity index is 0.00000466. The van der Waals surface area contributed by atoms with Crippen LogP contribution >= 0.6 is 23.5 Å². The van der Waals surface area contributed by atoms with E-state index in [1.54, 1.807) is 19.0 Å². The molecule has 0 aliphatic rings. The quantitative estimate of drug-likeness (QED) is 0.171. The van der Waals surface area contributed by atoms with E-state index in [1.807, 2.05) is 38.1 Å². The number of aliphatic hydroxyl groups is 1. The molecule has 0 heterocycles. The summed E-state index contributed by atoms with van der Waals surface area (Å²) in [5.41, 5.74) is 1.98. The molecule has 0 aliphatic carbocycles. The van der Waals surface area contributed by atoms with Crippen LogP contribution in [0.25, 0.3) is 0 Å². The van der Waals surface area contributed by atoms with Gasteiger partial charge in [0.2, 0.25) is 6.41 Å². The zero-order valence-electron chi connectivity index (χ0n) is 19.5. The number of carbonyl (C=O) groups excluding carboxylic acids is 2. The van der Waals surface area contributed by atoms with Crippen LogP contribution in [0.2, 0.25) is 5.02 Å². The molecule has 32 heavy (non-hydrogen) atoms. The molecule has 2 N–H and O–H groups in total. The minimum Gasteiger partial charge on any atom is -0.396 e. The van der Waals surface area contributed by atoms with Gasteiger partial charge in [0.15, 0.2) is 5.82 Å².